The minimum Gasteiger partial charge on any atom is -0.492 e. The van der Waals surface area contributed by atoms with Crippen molar-refractivity contribution in [3.05, 3.63) is 23.3 Å². The monoisotopic (exact) mass is 262 g/mol. The number of benzene rings is 1. The molecule has 19 heavy (non-hydrogen) atoms. The molecule has 102 valence electrons. The van der Waals surface area contributed by atoms with Crippen LogP contribution >= 0.6 is 0 Å². The van der Waals surface area contributed by atoms with Crippen molar-refractivity contribution >= 4 is 11.6 Å². The van der Waals surface area contributed by atoms with E-state index in [9.17, 15) is 4.79 Å². The van der Waals surface area contributed by atoms with E-state index in [0.29, 0.717) is 19.8 Å². The summed E-state index contributed by atoms with van der Waals surface area (Å²) in [4.78, 5) is 13.8. The Bertz CT molecular complexity index is 502. The molecule has 0 saturated carbocycles. The number of hydrogen-bond donors (Lipinski definition) is 1. The van der Waals surface area contributed by atoms with E-state index in [-0.39, 0.29) is 12.5 Å². The van der Waals surface area contributed by atoms with Crippen LogP contribution in [0.5, 0.6) is 5.75 Å². The van der Waals surface area contributed by atoms with Gasteiger partial charge in [0.2, 0.25) is 0 Å². The van der Waals surface area contributed by atoms with Crippen LogP contribution in [0, 0.1) is 0 Å². The molecule has 0 radical (unpaired) electrons. The number of ether oxygens (including phenoxy) is 2. The quantitative estimate of drug-likeness (QED) is 0.884. The number of nitrogens with zero attached hydrogens (tertiary/aromatic N) is 1. The van der Waals surface area contributed by atoms with E-state index in [1.807, 2.05) is 6.92 Å². The average molecular weight is 262 g/mol. The lowest BCUT2D eigenvalue weighted by molar-refractivity contribution is -0.125. The van der Waals surface area contributed by atoms with Crippen LogP contribution in [0.1, 0.15) is 18.1 Å². The number of carbonyl (C=O) groups is 1. The molecule has 5 heteroatoms. The highest BCUT2D eigenvalue weighted by molar-refractivity contribution is 5.96. The van der Waals surface area contributed by atoms with Gasteiger partial charge in [0, 0.05) is 19.6 Å². The Morgan fingerprint density at radius 3 is 2.89 bits per heavy atom. The number of anilines is 1. The summed E-state index contributed by atoms with van der Waals surface area (Å²) in [6, 6.07) is 4.13. The lowest BCUT2D eigenvalue weighted by Crippen LogP contribution is -2.41. The Labute approximate surface area is 112 Å². The summed E-state index contributed by atoms with van der Waals surface area (Å²) < 4.78 is 10.9. The van der Waals surface area contributed by atoms with Crippen LogP contribution in [0.15, 0.2) is 12.1 Å². The third-order valence-corrected chi connectivity index (χ3v) is 3.49. The molecule has 5 nitrogen and oxygen atoms in total. The van der Waals surface area contributed by atoms with Crippen molar-refractivity contribution in [1.29, 1.82) is 0 Å². The third kappa shape index (κ3) is 2.31. The minimum atomic E-state index is -0.00175. The predicted octanol–water partition coefficient (Wildman–Crippen LogP) is 1.05. The zero-order valence-corrected chi connectivity index (χ0v) is 11.1. The number of carbonyl (C=O) groups excluding carboxylic acids is 1. The van der Waals surface area contributed by atoms with Gasteiger partial charge in [-0.25, -0.2) is 0 Å². The van der Waals surface area contributed by atoms with Gasteiger partial charge in [-0.2, -0.15) is 0 Å². The predicted molar refractivity (Wildman–Crippen MR) is 71.3 cm³/mol. The summed E-state index contributed by atoms with van der Waals surface area (Å²) >= 11 is 0. The molecule has 1 amide bonds. The Morgan fingerprint density at radius 2 is 2.16 bits per heavy atom. The highest BCUT2D eigenvalue weighted by Gasteiger charge is 2.25. The van der Waals surface area contributed by atoms with Crippen molar-refractivity contribution in [1.82, 2.24) is 5.32 Å². The molecule has 1 aromatic rings. The maximum Gasteiger partial charge on any atom is 0.253 e. The van der Waals surface area contributed by atoms with Crippen molar-refractivity contribution in [3.63, 3.8) is 0 Å². The summed E-state index contributed by atoms with van der Waals surface area (Å²) in [6.07, 6.45) is 0. The molecule has 2 aliphatic rings. The molecule has 0 aliphatic carbocycles. The lowest BCUT2D eigenvalue weighted by Gasteiger charge is -2.29. The van der Waals surface area contributed by atoms with Crippen molar-refractivity contribution < 1.29 is 14.3 Å². The molecular weight excluding hydrogens is 244 g/mol. The van der Waals surface area contributed by atoms with Gasteiger partial charge in [0.15, 0.2) is 0 Å². The summed E-state index contributed by atoms with van der Waals surface area (Å²) in [5.41, 5.74) is 3.38. The van der Waals surface area contributed by atoms with Gasteiger partial charge in [-0.3, -0.25) is 4.79 Å². The Kier molecular flexibility index (Phi) is 3.40. The smallest absolute Gasteiger partial charge is 0.253 e. The van der Waals surface area contributed by atoms with Gasteiger partial charge in [0.1, 0.15) is 12.4 Å². The van der Waals surface area contributed by atoms with E-state index in [4.69, 9.17) is 9.47 Å². The van der Waals surface area contributed by atoms with E-state index >= 15 is 0 Å². The first-order valence-corrected chi connectivity index (χ1v) is 6.67. The standard InChI is InChI=1S/C14H18N2O3/c1-2-19-13-6-11-8-15-7-10(11)5-12(13)16-3-4-18-9-14(16)17/h5-6,15H,2-4,7-9H2,1H3. The largest absolute Gasteiger partial charge is 0.492 e. The van der Waals surface area contributed by atoms with Gasteiger partial charge < -0.3 is 19.7 Å². The van der Waals surface area contributed by atoms with Gasteiger partial charge in [-0.05, 0) is 30.2 Å². The van der Waals surface area contributed by atoms with Crippen molar-refractivity contribution in [2.75, 3.05) is 31.3 Å². The molecule has 0 atom stereocenters. The Balaban J connectivity index is 2.00. The topological polar surface area (TPSA) is 50.8 Å². The van der Waals surface area contributed by atoms with Crippen molar-refractivity contribution in [2.45, 2.75) is 20.0 Å². The molecule has 1 fully saturated rings. The van der Waals surface area contributed by atoms with Gasteiger partial charge in [-0.1, -0.05) is 0 Å². The number of fused-ring (bicyclic) bond motifs is 1. The molecule has 0 aromatic heterocycles. The number of nitrogens with one attached hydrogen (secondary N) is 1. The van der Waals surface area contributed by atoms with Crippen LogP contribution in [0.4, 0.5) is 5.69 Å². The Morgan fingerprint density at radius 1 is 1.37 bits per heavy atom. The van der Waals surface area contributed by atoms with Crippen LogP contribution in [0.2, 0.25) is 0 Å². The highest BCUT2D eigenvalue weighted by atomic mass is 16.5. The average Bonchev–Trinajstić information content (AvgIpc) is 2.86. The fourth-order valence-corrected chi connectivity index (χ4v) is 2.57. The van der Waals surface area contributed by atoms with Crippen molar-refractivity contribution in [2.24, 2.45) is 0 Å². The van der Waals surface area contributed by atoms with E-state index < -0.39 is 0 Å². The summed E-state index contributed by atoms with van der Waals surface area (Å²) in [5, 5.41) is 3.31. The van der Waals surface area contributed by atoms with Gasteiger partial charge in [-0.15, -0.1) is 0 Å². The first-order chi connectivity index (χ1) is 9.29. The number of amides is 1. The molecule has 0 bridgehead atoms. The van der Waals surface area contributed by atoms with Gasteiger partial charge in [0.05, 0.1) is 18.9 Å². The van der Waals surface area contributed by atoms with Crippen LogP contribution in [0.3, 0.4) is 0 Å². The molecule has 1 aromatic carbocycles. The number of morpholine rings is 1. The second-order valence-corrected chi connectivity index (χ2v) is 4.72. The summed E-state index contributed by atoms with van der Waals surface area (Å²) in [6.45, 7) is 5.59. The lowest BCUT2D eigenvalue weighted by atomic mass is 10.1. The van der Waals surface area contributed by atoms with Crippen LogP contribution in [-0.4, -0.2) is 32.3 Å². The second-order valence-electron chi connectivity index (χ2n) is 4.72. The second kappa shape index (κ2) is 5.19. The van der Waals surface area contributed by atoms with E-state index in [1.54, 1.807) is 4.90 Å². The normalized spacial score (nSPS) is 18.6. The first kappa shape index (κ1) is 12.4. The molecule has 0 unspecified atom stereocenters. The van der Waals surface area contributed by atoms with Gasteiger partial charge in [0.25, 0.3) is 5.91 Å². The molecule has 0 spiro atoms. The van der Waals surface area contributed by atoms with Crippen LogP contribution in [-0.2, 0) is 22.6 Å². The fourth-order valence-electron chi connectivity index (χ4n) is 2.57. The molecule has 2 heterocycles. The minimum absolute atomic E-state index is 0.00175. The molecular formula is C14H18N2O3. The highest BCUT2D eigenvalue weighted by Crippen LogP contribution is 2.34. The molecule has 1 N–H and O–H groups in total. The maximum absolute atomic E-state index is 12.0. The zero-order chi connectivity index (χ0) is 13.2. The van der Waals surface area contributed by atoms with E-state index in [0.717, 1.165) is 24.5 Å². The van der Waals surface area contributed by atoms with Crippen molar-refractivity contribution in [3.8, 4) is 5.75 Å². The van der Waals surface area contributed by atoms with E-state index in [2.05, 4.69) is 17.4 Å². The fraction of sp³-hybridized carbons (Fsp3) is 0.500. The molecule has 3 rings (SSSR count). The summed E-state index contributed by atoms with van der Waals surface area (Å²) in [5.74, 6) is 0.790. The first-order valence-electron chi connectivity index (χ1n) is 6.67. The van der Waals surface area contributed by atoms with Gasteiger partial charge >= 0.3 is 0 Å². The maximum atomic E-state index is 12.0. The molecule has 1 saturated heterocycles. The SMILES string of the molecule is CCOc1cc2c(cc1N1CCOCC1=O)CNC2. The van der Waals surface area contributed by atoms with Crippen LogP contribution in [0.25, 0.3) is 0 Å². The Hall–Kier alpha value is -1.59. The molecule has 2 aliphatic heterocycles. The van der Waals surface area contributed by atoms with E-state index in [1.165, 1.54) is 11.1 Å². The number of rotatable bonds is 3. The third-order valence-electron chi connectivity index (χ3n) is 3.49. The number of hydrogen-bond acceptors (Lipinski definition) is 4. The van der Waals surface area contributed by atoms with Crippen LogP contribution < -0.4 is 15.0 Å². The zero-order valence-electron chi connectivity index (χ0n) is 11.1. The summed E-state index contributed by atoms with van der Waals surface area (Å²) in [7, 11) is 0.